The minimum absolute atomic E-state index is 0.0977. The summed E-state index contributed by atoms with van der Waals surface area (Å²) in [4.78, 5) is 24.1. The van der Waals surface area contributed by atoms with Gasteiger partial charge in [0.25, 0.3) is 0 Å². The maximum absolute atomic E-state index is 12.9. The third kappa shape index (κ3) is 4.34. The number of hydrogen-bond donors (Lipinski definition) is 1. The fourth-order valence-electron chi connectivity index (χ4n) is 3.32. The van der Waals surface area contributed by atoms with E-state index in [9.17, 15) is 18.0 Å². The first-order chi connectivity index (χ1) is 13.3. The number of furan rings is 1. The lowest BCUT2D eigenvalue weighted by molar-refractivity contribution is -0.126. The van der Waals surface area contributed by atoms with E-state index in [0.29, 0.717) is 24.2 Å². The number of benzene rings is 1. The molecule has 1 N–H and O–H groups in total. The van der Waals surface area contributed by atoms with Crippen LogP contribution in [0.4, 0.5) is 0 Å². The predicted octanol–water partition coefficient (Wildman–Crippen LogP) is 2.76. The molecule has 0 spiro atoms. The maximum atomic E-state index is 12.9. The van der Waals surface area contributed by atoms with Gasteiger partial charge in [-0.3, -0.25) is 9.59 Å². The molecule has 1 aromatic heterocycles. The molecule has 28 heavy (non-hydrogen) atoms. The van der Waals surface area contributed by atoms with Crippen LogP contribution in [0.15, 0.2) is 52.0 Å². The van der Waals surface area contributed by atoms with Crippen LogP contribution in [-0.4, -0.2) is 37.5 Å². The van der Waals surface area contributed by atoms with Crippen LogP contribution < -0.4 is 5.32 Å². The Morgan fingerprint density at radius 2 is 1.89 bits per heavy atom. The normalized spacial score (nSPS) is 17.2. The second-order valence-corrected chi connectivity index (χ2v) is 8.95. The highest BCUT2D eigenvalue weighted by Crippen LogP contribution is 2.25. The zero-order valence-corrected chi connectivity index (χ0v) is 16.7. The summed E-state index contributed by atoms with van der Waals surface area (Å²) in [6, 6.07) is 9.39. The van der Waals surface area contributed by atoms with Gasteiger partial charge < -0.3 is 9.73 Å². The number of ketones is 1. The number of amides is 1. The monoisotopic (exact) mass is 404 g/mol. The van der Waals surface area contributed by atoms with Gasteiger partial charge in [0.1, 0.15) is 5.76 Å². The van der Waals surface area contributed by atoms with E-state index in [1.807, 2.05) is 6.92 Å². The molecule has 0 aliphatic carbocycles. The number of nitrogens with zero attached hydrogens (tertiary/aromatic N) is 1. The minimum Gasteiger partial charge on any atom is -0.467 e. The lowest BCUT2D eigenvalue weighted by Crippen LogP contribution is -2.43. The molecule has 1 amide bonds. The van der Waals surface area contributed by atoms with Gasteiger partial charge in [-0.1, -0.05) is 12.1 Å². The van der Waals surface area contributed by atoms with Crippen molar-refractivity contribution in [1.82, 2.24) is 9.62 Å². The molecular formula is C20H24N2O5S. The van der Waals surface area contributed by atoms with Crippen molar-refractivity contribution in [3.05, 3.63) is 54.0 Å². The highest BCUT2D eigenvalue weighted by atomic mass is 32.2. The van der Waals surface area contributed by atoms with E-state index in [2.05, 4.69) is 5.32 Å². The van der Waals surface area contributed by atoms with Crippen LogP contribution in [0.25, 0.3) is 0 Å². The fraction of sp³-hybridized carbons (Fsp3) is 0.400. The lowest BCUT2D eigenvalue weighted by atomic mass is 9.97. The fourth-order valence-corrected chi connectivity index (χ4v) is 4.84. The quantitative estimate of drug-likeness (QED) is 0.747. The molecule has 2 heterocycles. The number of sulfonamides is 1. The van der Waals surface area contributed by atoms with Crippen LogP contribution >= 0.6 is 0 Å². The van der Waals surface area contributed by atoms with Gasteiger partial charge >= 0.3 is 0 Å². The van der Waals surface area contributed by atoms with Crippen LogP contribution in [0, 0.1) is 5.92 Å². The predicted molar refractivity (Wildman–Crippen MR) is 103 cm³/mol. The molecule has 0 unspecified atom stereocenters. The Balaban J connectivity index is 1.62. The number of hydrogen-bond acceptors (Lipinski definition) is 5. The second kappa shape index (κ2) is 8.28. The van der Waals surface area contributed by atoms with E-state index < -0.39 is 10.0 Å². The second-order valence-electron chi connectivity index (χ2n) is 7.01. The number of piperidine rings is 1. The van der Waals surface area contributed by atoms with E-state index >= 15 is 0 Å². The summed E-state index contributed by atoms with van der Waals surface area (Å²) in [5.41, 5.74) is 0.363. The van der Waals surface area contributed by atoms with Crippen LogP contribution in [0.2, 0.25) is 0 Å². The molecule has 2 aromatic rings. The average Bonchev–Trinajstić information content (AvgIpc) is 3.23. The summed E-state index contributed by atoms with van der Waals surface area (Å²) in [6.07, 6.45) is 2.45. The van der Waals surface area contributed by atoms with Gasteiger partial charge in [0.2, 0.25) is 15.9 Å². The van der Waals surface area contributed by atoms with Crippen molar-refractivity contribution in [3.63, 3.8) is 0 Å². The molecule has 1 atom stereocenters. The van der Waals surface area contributed by atoms with Gasteiger partial charge in [-0.25, -0.2) is 8.42 Å². The Labute approximate surface area is 164 Å². The Hall–Kier alpha value is -2.45. The molecule has 0 radical (unpaired) electrons. The molecule has 0 saturated carbocycles. The number of rotatable bonds is 6. The summed E-state index contributed by atoms with van der Waals surface area (Å²) in [7, 11) is -3.69. The number of nitrogens with one attached hydrogen (secondary N) is 1. The first kappa shape index (κ1) is 20.3. The van der Waals surface area contributed by atoms with E-state index in [1.165, 1.54) is 23.4 Å². The first-order valence-corrected chi connectivity index (χ1v) is 10.7. The van der Waals surface area contributed by atoms with Crippen molar-refractivity contribution in [2.45, 2.75) is 37.6 Å². The third-order valence-corrected chi connectivity index (χ3v) is 6.93. The molecule has 1 aliphatic rings. The molecular weight excluding hydrogens is 380 g/mol. The van der Waals surface area contributed by atoms with Crippen LogP contribution in [0.5, 0.6) is 0 Å². The number of carbonyl (C=O) groups excluding carboxylic acids is 2. The molecule has 8 heteroatoms. The summed E-state index contributed by atoms with van der Waals surface area (Å²) in [5, 5.41) is 2.92. The first-order valence-electron chi connectivity index (χ1n) is 9.24. The lowest BCUT2D eigenvalue weighted by Gasteiger charge is -2.31. The topological polar surface area (TPSA) is 96.7 Å². The van der Waals surface area contributed by atoms with Crippen molar-refractivity contribution in [2.75, 3.05) is 13.1 Å². The van der Waals surface area contributed by atoms with E-state index in [1.54, 1.807) is 30.5 Å². The largest absolute Gasteiger partial charge is 0.467 e. The van der Waals surface area contributed by atoms with Gasteiger partial charge in [-0.2, -0.15) is 4.31 Å². The highest BCUT2D eigenvalue weighted by Gasteiger charge is 2.32. The third-order valence-electron chi connectivity index (χ3n) is 5.03. The summed E-state index contributed by atoms with van der Waals surface area (Å²) in [6.45, 7) is 3.78. The van der Waals surface area contributed by atoms with Gasteiger partial charge in [0.05, 0.1) is 17.2 Å². The Kier molecular flexibility index (Phi) is 6.00. The molecule has 3 rings (SSSR count). The molecule has 7 nitrogen and oxygen atoms in total. The Morgan fingerprint density at radius 3 is 2.50 bits per heavy atom. The zero-order valence-electron chi connectivity index (χ0n) is 15.9. The van der Waals surface area contributed by atoms with Crippen molar-refractivity contribution >= 4 is 21.7 Å². The number of Topliss-reactive ketones (excluding diaryl/α,β-unsaturated/α-hetero) is 1. The minimum atomic E-state index is -3.69. The molecule has 1 aliphatic heterocycles. The molecule has 1 aromatic carbocycles. The molecule has 0 bridgehead atoms. The SMILES string of the molecule is CC(=O)c1cccc(S(=O)(=O)N2CCC(C(=O)N[C@H](C)c3ccco3)CC2)c1. The highest BCUT2D eigenvalue weighted by molar-refractivity contribution is 7.89. The van der Waals surface area contributed by atoms with Crippen LogP contribution in [0.1, 0.15) is 48.8 Å². The average molecular weight is 404 g/mol. The summed E-state index contributed by atoms with van der Waals surface area (Å²) >= 11 is 0. The van der Waals surface area contributed by atoms with Gasteiger partial charge in [-0.15, -0.1) is 0 Å². The van der Waals surface area contributed by atoms with Crippen LogP contribution in [-0.2, 0) is 14.8 Å². The van der Waals surface area contributed by atoms with Gasteiger partial charge in [0, 0.05) is 24.6 Å². The van der Waals surface area contributed by atoms with Gasteiger partial charge in [0.15, 0.2) is 5.78 Å². The van der Waals surface area contributed by atoms with E-state index in [4.69, 9.17) is 4.42 Å². The van der Waals surface area contributed by atoms with Crippen molar-refractivity contribution in [2.24, 2.45) is 5.92 Å². The standard InChI is InChI=1S/C20H24N2O5S/c1-14(19-7-4-12-27-19)21-20(24)16-8-10-22(11-9-16)28(25,26)18-6-3-5-17(13-18)15(2)23/h3-7,12-14,16H,8-11H2,1-2H3,(H,21,24)/t14-/m1/s1. The summed E-state index contributed by atoms with van der Waals surface area (Å²) < 4.78 is 32.4. The Bertz CT molecular complexity index is 945. The van der Waals surface area contributed by atoms with Crippen molar-refractivity contribution in [3.8, 4) is 0 Å². The Morgan fingerprint density at radius 1 is 1.18 bits per heavy atom. The van der Waals surface area contributed by atoms with Crippen molar-refractivity contribution < 1.29 is 22.4 Å². The molecule has 1 fully saturated rings. The molecule has 150 valence electrons. The maximum Gasteiger partial charge on any atom is 0.243 e. The summed E-state index contributed by atoms with van der Waals surface area (Å²) in [5.74, 6) is 0.156. The van der Waals surface area contributed by atoms with Gasteiger partial charge in [-0.05, 0) is 51.0 Å². The smallest absolute Gasteiger partial charge is 0.243 e. The van der Waals surface area contributed by atoms with E-state index in [0.717, 1.165) is 0 Å². The van der Waals surface area contributed by atoms with Crippen molar-refractivity contribution in [1.29, 1.82) is 0 Å². The van der Waals surface area contributed by atoms with E-state index in [-0.39, 0.29) is 41.6 Å². The number of carbonyl (C=O) groups is 2. The van der Waals surface area contributed by atoms with Crippen LogP contribution in [0.3, 0.4) is 0 Å². The molecule has 1 saturated heterocycles. The zero-order chi connectivity index (χ0) is 20.3.